The highest BCUT2D eigenvalue weighted by molar-refractivity contribution is 9.09. The van der Waals surface area contributed by atoms with Crippen LogP contribution in [0.1, 0.15) is 24.8 Å². The van der Waals surface area contributed by atoms with E-state index in [2.05, 4.69) is 15.9 Å². The Bertz CT molecular complexity index is 600. The van der Waals surface area contributed by atoms with Gasteiger partial charge in [0.05, 0.1) is 10.7 Å². The maximum absolute atomic E-state index is 11.7. The van der Waals surface area contributed by atoms with Crippen LogP contribution in [0.15, 0.2) is 24.3 Å². The summed E-state index contributed by atoms with van der Waals surface area (Å²) in [5.41, 5.74) is 1.90. The number of hydrogen-bond acceptors (Lipinski definition) is 3. The van der Waals surface area contributed by atoms with Crippen LogP contribution in [-0.2, 0) is 14.6 Å². The number of para-hydroxylation sites is 1. The van der Waals surface area contributed by atoms with Gasteiger partial charge in [-0.15, -0.1) is 0 Å². The molecule has 0 fully saturated rings. The molecule has 1 aliphatic rings. The molecule has 0 bridgehead atoms. The number of halogens is 1. The van der Waals surface area contributed by atoms with Gasteiger partial charge < -0.3 is 0 Å². The van der Waals surface area contributed by atoms with Gasteiger partial charge in [-0.05, 0) is 18.1 Å². The molecule has 2 atom stereocenters. The van der Waals surface area contributed by atoms with E-state index in [0.29, 0.717) is 6.42 Å². The number of nitrogens with zero attached hydrogens (tertiary/aromatic N) is 1. The Morgan fingerprint density at radius 2 is 2.00 bits per heavy atom. The lowest BCUT2D eigenvalue weighted by Crippen LogP contribution is -2.33. The van der Waals surface area contributed by atoms with E-state index < -0.39 is 9.84 Å². The molecule has 104 valence electrons. The Morgan fingerprint density at radius 3 is 2.58 bits per heavy atom. The molecule has 0 N–H and O–H groups in total. The van der Waals surface area contributed by atoms with E-state index in [0.717, 1.165) is 11.3 Å². The molecular weight excluding hydrogens is 330 g/mol. The second-order valence-electron chi connectivity index (χ2n) is 4.85. The smallest absolute Gasteiger partial charge is 0.224 e. The van der Waals surface area contributed by atoms with E-state index in [1.807, 2.05) is 24.3 Å². The molecule has 0 saturated carbocycles. The molecule has 19 heavy (non-hydrogen) atoms. The Morgan fingerprint density at radius 1 is 1.37 bits per heavy atom. The highest BCUT2D eigenvalue weighted by atomic mass is 79.9. The van der Waals surface area contributed by atoms with Gasteiger partial charge in [0.2, 0.25) is 5.91 Å². The molecule has 0 aliphatic carbocycles. The van der Waals surface area contributed by atoms with Crippen LogP contribution in [0, 0.1) is 0 Å². The van der Waals surface area contributed by atoms with E-state index in [4.69, 9.17) is 0 Å². The van der Waals surface area contributed by atoms with Gasteiger partial charge in [0.25, 0.3) is 0 Å². The van der Waals surface area contributed by atoms with Gasteiger partial charge in [0, 0.05) is 24.8 Å². The summed E-state index contributed by atoms with van der Waals surface area (Å²) < 4.78 is 22.7. The summed E-state index contributed by atoms with van der Waals surface area (Å²) in [5.74, 6) is 0.0887. The standard InChI is InChI=1S/C13H16BrNO3S/c1-9(16)15-12-6-4-3-5-10(12)11(13(15)14)7-8-19(2,17)18/h3-6,11,13H,7-8H2,1-2H3. The Balaban J connectivity index is 2.33. The number of hydrogen-bond donors (Lipinski definition) is 0. The van der Waals surface area contributed by atoms with E-state index in [1.165, 1.54) is 13.2 Å². The molecule has 1 aromatic carbocycles. The molecule has 0 aromatic heterocycles. The van der Waals surface area contributed by atoms with Crippen molar-refractivity contribution in [1.82, 2.24) is 0 Å². The Labute approximate surface area is 121 Å². The zero-order chi connectivity index (χ0) is 14.2. The van der Waals surface area contributed by atoms with Crippen LogP contribution in [0.4, 0.5) is 5.69 Å². The molecule has 1 aromatic rings. The molecule has 0 saturated heterocycles. The second kappa shape index (κ2) is 5.25. The highest BCUT2D eigenvalue weighted by Crippen LogP contribution is 2.45. The first kappa shape index (κ1) is 14.5. The van der Waals surface area contributed by atoms with Gasteiger partial charge in [0.1, 0.15) is 9.84 Å². The molecule has 4 nitrogen and oxygen atoms in total. The number of benzene rings is 1. The van der Waals surface area contributed by atoms with E-state index in [-0.39, 0.29) is 22.5 Å². The van der Waals surface area contributed by atoms with Crippen molar-refractivity contribution in [3.63, 3.8) is 0 Å². The van der Waals surface area contributed by atoms with Crippen LogP contribution in [0.3, 0.4) is 0 Å². The minimum atomic E-state index is -3.00. The summed E-state index contributed by atoms with van der Waals surface area (Å²) in [6, 6.07) is 7.65. The monoisotopic (exact) mass is 345 g/mol. The predicted molar refractivity (Wildman–Crippen MR) is 79.4 cm³/mol. The number of amides is 1. The number of carbonyl (C=O) groups excluding carboxylic acids is 1. The molecule has 0 radical (unpaired) electrons. The van der Waals surface area contributed by atoms with E-state index in [1.54, 1.807) is 4.90 Å². The van der Waals surface area contributed by atoms with Crippen molar-refractivity contribution in [3.8, 4) is 0 Å². The van der Waals surface area contributed by atoms with Crippen molar-refractivity contribution in [2.75, 3.05) is 16.9 Å². The maximum Gasteiger partial charge on any atom is 0.224 e. The summed E-state index contributed by atoms with van der Waals surface area (Å²) in [5, 5.41) is 0. The van der Waals surface area contributed by atoms with Crippen molar-refractivity contribution < 1.29 is 13.2 Å². The van der Waals surface area contributed by atoms with Crippen LogP contribution in [-0.4, -0.2) is 31.3 Å². The predicted octanol–water partition coefficient (Wildman–Crippen LogP) is 2.29. The minimum Gasteiger partial charge on any atom is -0.299 e. The van der Waals surface area contributed by atoms with Crippen molar-refractivity contribution in [2.24, 2.45) is 0 Å². The third kappa shape index (κ3) is 3.00. The zero-order valence-corrected chi connectivity index (χ0v) is 13.2. The number of sulfone groups is 1. The number of rotatable bonds is 3. The Hall–Kier alpha value is -0.880. The average molecular weight is 346 g/mol. The summed E-state index contributed by atoms with van der Waals surface area (Å²) in [6.07, 6.45) is 1.75. The highest BCUT2D eigenvalue weighted by Gasteiger charge is 2.38. The normalized spacial score (nSPS) is 22.4. The fourth-order valence-corrected chi connectivity index (χ4v) is 4.20. The first-order valence-electron chi connectivity index (χ1n) is 6.02. The molecule has 1 aliphatic heterocycles. The number of alkyl halides is 1. The average Bonchev–Trinajstić information content (AvgIpc) is 2.57. The van der Waals surface area contributed by atoms with Crippen LogP contribution in [0.25, 0.3) is 0 Å². The summed E-state index contributed by atoms with van der Waals surface area (Å²) >= 11 is 3.53. The van der Waals surface area contributed by atoms with Gasteiger partial charge in [0.15, 0.2) is 0 Å². The molecule has 1 heterocycles. The number of carbonyl (C=O) groups is 1. The van der Waals surface area contributed by atoms with E-state index in [9.17, 15) is 13.2 Å². The molecule has 2 unspecified atom stereocenters. The van der Waals surface area contributed by atoms with Gasteiger partial charge in [-0.3, -0.25) is 9.69 Å². The van der Waals surface area contributed by atoms with E-state index >= 15 is 0 Å². The van der Waals surface area contributed by atoms with Gasteiger partial charge >= 0.3 is 0 Å². The van der Waals surface area contributed by atoms with Crippen LogP contribution in [0.2, 0.25) is 0 Å². The van der Waals surface area contributed by atoms with Crippen molar-refractivity contribution >= 4 is 37.4 Å². The topological polar surface area (TPSA) is 54.5 Å². The van der Waals surface area contributed by atoms with Gasteiger partial charge in [-0.2, -0.15) is 0 Å². The third-order valence-corrected chi connectivity index (χ3v) is 5.34. The van der Waals surface area contributed by atoms with Gasteiger partial charge in [-0.25, -0.2) is 8.42 Å². The van der Waals surface area contributed by atoms with Crippen LogP contribution in [0.5, 0.6) is 0 Å². The second-order valence-corrected chi connectivity index (χ2v) is 8.04. The Kier molecular flexibility index (Phi) is 4.01. The fourth-order valence-electron chi connectivity index (χ4n) is 2.46. The SMILES string of the molecule is CC(=O)N1c2ccccc2C(CCS(C)(=O)=O)C1Br. The minimum absolute atomic E-state index is 0.00910. The molecule has 1 amide bonds. The molecule has 6 heteroatoms. The van der Waals surface area contributed by atoms with Gasteiger partial charge in [-0.1, -0.05) is 34.1 Å². The van der Waals surface area contributed by atoms with Crippen molar-refractivity contribution in [2.45, 2.75) is 24.2 Å². The van der Waals surface area contributed by atoms with Crippen molar-refractivity contribution in [1.29, 1.82) is 0 Å². The summed E-state index contributed by atoms with van der Waals surface area (Å²) in [4.78, 5) is 13.2. The number of anilines is 1. The first-order chi connectivity index (χ1) is 8.81. The summed E-state index contributed by atoms with van der Waals surface area (Å²) in [7, 11) is -3.00. The fraction of sp³-hybridized carbons (Fsp3) is 0.462. The van der Waals surface area contributed by atoms with Crippen LogP contribution < -0.4 is 4.90 Å². The first-order valence-corrected chi connectivity index (χ1v) is 8.99. The van der Waals surface area contributed by atoms with Crippen molar-refractivity contribution in [3.05, 3.63) is 29.8 Å². The number of fused-ring (bicyclic) bond motifs is 1. The maximum atomic E-state index is 11.7. The lowest BCUT2D eigenvalue weighted by molar-refractivity contribution is -0.116. The molecule has 0 spiro atoms. The lowest BCUT2D eigenvalue weighted by atomic mass is 9.99. The summed E-state index contributed by atoms with van der Waals surface area (Å²) in [6.45, 7) is 1.52. The largest absolute Gasteiger partial charge is 0.299 e. The lowest BCUT2D eigenvalue weighted by Gasteiger charge is -2.22. The van der Waals surface area contributed by atoms with Crippen LogP contribution >= 0.6 is 15.9 Å². The molecular formula is C13H16BrNO3S. The molecule has 2 rings (SSSR count). The zero-order valence-electron chi connectivity index (χ0n) is 10.8. The third-order valence-electron chi connectivity index (χ3n) is 3.31. The quantitative estimate of drug-likeness (QED) is 0.623.